The fourth-order valence-electron chi connectivity index (χ4n) is 1.64. The average molecular weight is 292 g/mol. The molecule has 0 unspecified atom stereocenters. The summed E-state index contributed by atoms with van der Waals surface area (Å²) in [5.41, 5.74) is 2.47. The lowest BCUT2D eigenvalue weighted by Crippen LogP contribution is -2.30. The summed E-state index contributed by atoms with van der Waals surface area (Å²) in [6.07, 6.45) is 0. The number of aromatic nitrogens is 1. The zero-order valence-electron chi connectivity index (χ0n) is 11.0. The summed E-state index contributed by atoms with van der Waals surface area (Å²) in [6, 6.07) is 5.77. The Kier molecular flexibility index (Phi) is 4.14. The van der Waals surface area contributed by atoms with E-state index in [2.05, 4.69) is 5.16 Å². The zero-order chi connectivity index (χ0) is 15.4. The Morgan fingerprint density at radius 1 is 1.52 bits per heavy atom. The fraction of sp³-hybridized carbons (Fsp3) is 0.167. The molecular formula is C12H12N4O5. The van der Waals surface area contributed by atoms with Gasteiger partial charge < -0.3 is 9.26 Å². The van der Waals surface area contributed by atoms with E-state index in [0.29, 0.717) is 17.1 Å². The Morgan fingerprint density at radius 2 is 2.29 bits per heavy atom. The molecule has 0 spiro atoms. The number of nitrogen functional groups attached to an aromatic ring is 1. The van der Waals surface area contributed by atoms with E-state index >= 15 is 0 Å². The number of carbonyl (C=O) groups excluding carboxylic acids is 1. The predicted octanol–water partition coefficient (Wildman–Crippen LogP) is 1.07. The number of ether oxygens (including phenoxy) is 1. The summed E-state index contributed by atoms with van der Waals surface area (Å²) in [6.45, 7) is 1.64. The number of hydrogen-bond acceptors (Lipinski definition) is 7. The summed E-state index contributed by atoms with van der Waals surface area (Å²) >= 11 is 0. The molecule has 9 nitrogen and oxygen atoms in total. The number of aryl methyl sites for hydroxylation is 1. The minimum absolute atomic E-state index is 0.0175. The average Bonchev–Trinajstić information content (AvgIpc) is 2.92. The number of nitro benzene ring substituents is 1. The van der Waals surface area contributed by atoms with E-state index in [1.54, 1.807) is 13.0 Å². The van der Waals surface area contributed by atoms with E-state index in [1.807, 2.05) is 5.43 Å². The van der Waals surface area contributed by atoms with Gasteiger partial charge >= 0.3 is 0 Å². The van der Waals surface area contributed by atoms with Crippen molar-refractivity contribution in [3.05, 3.63) is 51.4 Å². The molecule has 0 bridgehead atoms. The van der Waals surface area contributed by atoms with Crippen LogP contribution in [0.4, 0.5) is 5.69 Å². The molecule has 9 heteroatoms. The minimum atomic E-state index is -0.573. The highest BCUT2D eigenvalue weighted by Gasteiger charge is 2.13. The Labute approximate surface area is 118 Å². The lowest BCUT2D eigenvalue weighted by atomic mass is 10.2. The number of nitrogens with one attached hydrogen (secondary N) is 1. The second-order valence-corrected chi connectivity index (χ2v) is 4.15. The van der Waals surface area contributed by atoms with Gasteiger partial charge in [-0.1, -0.05) is 5.16 Å². The number of rotatable bonds is 5. The molecular weight excluding hydrogens is 280 g/mol. The number of carbonyl (C=O) groups is 1. The van der Waals surface area contributed by atoms with Gasteiger partial charge in [-0.25, -0.2) is 5.84 Å². The van der Waals surface area contributed by atoms with Gasteiger partial charge in [0.25, 0.3) is 11.6 Å². The standard InChI is InChI=1S/C12H12N4O5/c1-7-4-8(2-3-11(7)16(18)19)20-6-9-5-10(15-21-9)12(17)14-13/h2-5H,6,13H2,1H3,(H,14,17). The van der Waals surface area contributed by atoms with Crippen molar-refractivity contribution in [2.75, 3.05) is 0 Å². The largest absolute Gasteiger partial charge is 0.486 e. The zero-order valence-corrected chi connectivity index (χ0v) is 11.0. The Morgan fingerprint density at radius 3 is 2.90 bits per heavy atom. The van der Waals surface area contributed by atoms with Crippen LogP contribution in [0.25, 0.3) is 0 Å². The van der Waals surface area contributed by atoms with E-state index in [0.717, 1.165) is 0 Å². The molecule has 0 atom stereocenters. The van der Waals surface area contributed by atoms with Crippen molar-refractivity contribution in [2.24, 2.45) is 5.84 Å². The number of hydrazine groups is 1. The second-order valence-electron chi connectivity index (χ2n) is 4.15. The lowest BCUT2D eigenvalue weighted by molar-refractivity contribution is -0.385. The molecule has 21 heavy (non-hydrogen) atoms. The topological polar surface area (TPSA) is 134 Å². The van der Waals surface area contributed by atoms with Crippen LogP contribution in [0, 0.1) is 17.0 Å². The molecule has 1 heterocycles. The van der Waals surface area contributed by atoms with E-state index in [-0.39, 0.29) is 18.0 Å². The van der Waals surface area contributed by atoms with Crippen molar-refractivity contribution >= 4 is 11.6 Å². The molecule has 0 aliphatic heterocycles. The van der Waals surface area contributed by atoms with Gasteiger partial charge in [0, 0.05) is 17.7 Å². The first-order valence-electron chi connectivity index (χ1n) is 5.85. The number of nitro groups is 1. The third kappa shape index (κ3) is 3.34. The number of nitrogens with two attached hydrogens (primary N) is 1. The summed E-state index contributed by atoms with van der Waals surface area (Å²) in [7, 11) is 0. The molecule has 0 saturated heterocycles. The third-order valence-corrected chi connectivity index (χ3v) is 2.67. The summed E-state index contributed by atoms with van der Waals surface area (Å²) in [5, 5.41) is 14.2. The summed E-state index contributed by atoms with van der Waals surface area (Å²) in [5.74, 6) is 5.16. The molecule has 2 rings (SSSR count). The molecule has 1 aromatic carbocycles. The van der Waals surface area contributed by atoms with E-state index < -0.39 is 10.8 Å². The van der Waals surface area contributed by atoms with Crippen LogP contribution in [-0.4, -0.2) is 16.0 Å². The number of benzene rings is 1. The Bertz CT molecular complexity index is 682. The number of hydrogen-bond donors (Lipinski definition) is 2. The smallest absolute Gasteiger partial charge is 0.287 e. The molecule has 1 aromatic heterocycles. The van der Waals surface area contributed by atoms with Crippen LogP contribution >= 0.6 is 0 Å². The molecule has 3 N–H and O–H groups in total. The van der Waals surface area contributed by atoms with Gasteiger partial charge in [0.15, 0.2) is 11.5 Å². The summed E-state index contributed by atoms with van der Waals surface area (Å²) in [4.78, 5) is 21.4. The molecule has 0 fully saturated rings. The van der Waals surface area contributed by atoms with Crippen LogP contribution in [0.15, 0.2) is 28.8 Å². The van der Waals surface area contributed by atoms with Crippen molar-refractivity contribution in [1.82, 2.24) is 10.6 Å². The first-order chi connectivity index (χ1) is 10.0. The highest BCUT2D eigenvalue weighted by atomic mass is 16.6. The molecule has 0 aliphatic rings. The summed E-state index contributed by atoms with van der Waals surface area (Å²) < 4.78 is 10.3. The number of amides is 1. The van der Waals surface area contributed by atoms with Gasteiger partial charge in [0.1, 0.15) is 12.4 Å². The normalized spacial score (nSPS) is 10.2. The van der Waals surface area contributed by atoms with Gasteiger partial charge in [0.05, 0.1) is 4.92 Å². The van der Waals surface area contributed by atoms with Crippen molar-refractivity contribution < 1.29 is 19.0 Å². The van der Waals surface area contributed by atoms with Gasteiger partial charge in [-0.15, -0.1) is 0 Å². The maximum absolute atomic E-state index is 11.2. The highest BCUT2D eigenvalue weighted by Crippen LogP contribution is 2.23. The maximum atomic E-state index is 11.2. The first kappa shape index (κ1) is 14.5. The van der Waals surface area contributed by atoms with Crippen LogP contribution in [0.1, 0.15) is 21.8 Å². The molecule has 2 aromatic rings. The third-order valence-electron chi connectivity index (χ3n) is 2.67. The van der Waals surface area contributed by atoms with Crippen molar-refractivity contribution in [1.29, 1.82) is 0 Å². The Hall–Kier alpha value is -2.94. The van der Waals surface area contributed by atoms with E-state index in [4.69, 9.17) is 15.1 Å². The van der Waals surface area contributed by atoms with Gasteiger partial charge in [-0.2, -0.15) is 0 Å². The maximum Gasteiger partial charge on any atom is 0.287 e. The highest BCUT2D eigenvalue weighted by molar-refractivity contribution is 5.91. The quantitative estimate of drug-likeness (QED) is 0.364. The first-order valence-corrected chi connectivity index (χ1v) is 5.85. The monoisotopic (exact) mass is 292 g/mol. The minimum Gasteiger partial charge on any atom is -0.486 e. The second kappa shape index (κ2) is 6.01. The van der Waals surface area contributed by atoms with E-state index in [9.17, 15) is 14.9 Å². The van der Waals surface area contributed by atoms with E-state index in [1.165, 1.54) is 18.2 Å². The molecule has 110 valence electrons. The molecule has 0 aliphatic carbocycles. The van der Waals surface area contributed by atoms with Crippen LogP contribution in [0.3, 0.4) is 0 Å². The van der Waals surface area contributed by atoms with Gasteiger partial charge in [-0.3, -0.25) is 20.3 Å². The fourth-order valence-corrected chi connectivity index (χ4v) is 1.64. The Balaban J connectivity index is 2.03. The van der Waals surface area contributed by atoms with Gasteiger partial charge in [-0.05, 0) is 19.1 Å². The number of nitrogens with zero attached hydrogens (tertiary/aromatic N) is 2. The molecule has 0 radical (unpaired) electrons. The van der Waals surface area contributed by atoms with Crippen LogP contribution in [0.2, 0.25) is 0 Å². The lowest BCUT2D eigenvalue weighted by Gasteiger charge is -2.04. The molecule has 0 saturated carbocycles. The molecule has 1 amide bonds. The van der Waals surface area contributed by atoms with Gasteiger partial charge in [0.2, 0.25) is 0 Å². The van der Waals surface area contributed by atoms with Crippen molar-refractivity contribution in [3.8, 4) is 5.75 Å². The van der Waals surface area contributed by atoms with Crippen molar-refractivity contribution in [2.45, 2.75) is 13.5 Å². The SMILES string of the molecule is Cc1cc(OCc2cc(C(=O)NN)no2)ccc1[N+](=O)[O-]. The van der Waals surface area contributed by atoms with Crippen LogP contribution < -0.4 is 16.0 Å². The van der Waals surface area contributed by atoms with Crippen LogP contribution in [-0.2, 0) is 6.61 Å². The van der Waals surface area contributed by atoms with Crippen LogP contribution in [0.5, 0.6) is 5.75 Å². The predicted molar refractivity (Wildman–Crippen MR) is 70.3 cm³/mol. The van der Waals surface area contributed by atoms with Crippen molar-refractivity contribution in [3.63, 3.8) is 0 Å².